The molecule has 0 saturated heterocycles. The van der Waals surface area contributed by atoms with Crippen molar-refractivity contribution in [1.82, 2.24) is 15.0 Å². The molecule has 2 aromatic carbocycles. The minimum Gasteiger partial charge on any atom is -0.360 e. The molecular formula is C21H26N4O3S2. The molecule has 1 amide bonds. The molecule has 3 aromatic rings. The van der Waals surface area contributed by atoms with Gasteiger partial charge in [0.15, 0.2) is 5.13 Å². The Balaban J connectivity index is 1.41. The number of thiazole rings is 1. The van der Waals surface area contributed by atoms with Crippen LogP contribution in [0.2, 0.25) is 0 Å². The van der Waals surface area contributed by atoms with Gasteiger partial charge in [0.1, 0.15) is 0 Å². The summed E-state index contributed by atoms with van der Waals surface area (Å²) in [6, 6.07) is 11.6. The molecule has 0 aliphatic heterocycles. The van der Waals surface area contributed by atoms with Crippen LogP contribution in [0.4, 0.5) is 5.13 Å². The maximum absolute atomic E-state index is 12.6. The zero-order valence-corrected chi connectivity index (χ0v) is 18.9. The lowest BCUT2D eigenvalue weighted by Crippen LogP contribution is -2.33. The molecule has 0 bridgehead atoms. The Morgan fingerprint density at radius 3 is 2.43 bits per heavy atom. The smallest absolute Gasteiger partial charge is 0.241 e. The molecule has 1 aromatic heterocycles. The highest BCUT2D eigenvalue weighted by Crippen LogP contribution is 2.25. The van der Waals surface area contributed by atoms with Crippen molar-refractivity contribution >= 4 is 42.6 Å². The number of benzene rings is 2. The van der Waals surface area contributed by atoms with E-state index in [0.717, 1.165) is 20.9 Å². The van der Waals surface area contributed by atoms with Crippen molar-refractivity contribution in [3.05, 3.63) is 53.1 Å². The van der Waals surface area contributed by atoms with Crippen LogP contribution in [0, 0.1) is 20.8 Å². The third-order valence-corrected chi connectivity index (χ3v) is 7.29. The van der Waals surface area contributed by atoms with Gasteiger partial charge in [-0.25, -0.2) is 18.1 Å². The van der Waals surface area contributed by atoms with Crippen LogP contribution in [-0.2, 0) is 14.8 Å². The highest BCUT2D eigenvalue weighted by molar-refractivity contribution is 7.89. The maximum atomic E-state index is 12.6. The second kappa shape index (κ2) is 9.55. The predicted molar refractivity (Wildman–Crippen MR) is 122 cm³/mol. The molecule has 0 unspecified atom stereocenters. The predicted octanol–water partition coefficient (Wildman–Crippen LogP) is 3.12. The molecule has 0 aliphatic rings. The van der Waals surface area contributed by atoms with Crippen molar-refractivity contribution in [3.8, 4) is 0 Å². The van der Waals surface area contributed by atoms with E-state index in [1.54, 1.807) is 25.2 Å². The number of rotatable bonds is 9. The topological polar surface area (TPSA) is 100 Å². The summed E-state index contributed by atoms with van der Waals surface area (Å²) in [5.74, 6) is -0.207. The molecule has 1 heterocycles. The van der Waals surface area contributed by atoms with E-state index in [1.165, 1.54) is 0 Å². The van der Waals surface area contributed by atoms with E-state index in [2.05, 4.69) is 20.3 Å². The molecule has 3 rings (SSSR count). The van der Waals surface area contributed by atoms with Crippen molar-refractivity contribution in [1.29, 1.82) is 0 Å². The fraction of sp³-hybridized carbons (Fsp3) is 0.333. The van der Waals surface area contributed by atoms with E-state index in [4.69, 9.17) is 0 Å². The lowest BCUT2D eigenvalue weighted by atomic mass is 10.1. The number of sulfonamides is 1. The molecule has 0 spiro atoms. The minimum absolute atomic E-state index is 0.0478. The number of para-hydroxylation sites is 1. The van der Waals surface area contributed by atoms with E-state index < -0.39 is 10.0 Å². The number of carbonyl (C=O) groups excluding carboxylic acids is 1. The summed E-state index contributed by atoms with van der Waals surface area (Å²) in [6.45, 7) is 6.50. The van der Waals surface area contributed by atoms with Crippen molar-refractivity contribution in [2.75, 3.05) is 25.0 Å². The summed E-state index contributed by atoms with van der Waals surface area (Å²) in [5, 5.41) is 6.78. The molecule has 7 nitrogen and oxygen atoms in total. The molecule has 160 valence electrons. The van der Waals surface area contributed by atoms with E-state index in [-0.39, 0.29) is 23.8 Å². The first-order valence-electron chi connectivity index (χ1n) is 9.70. The van der Waals surface area contributed by atoms with E-state index >= 15 is 0 Å². The molecule has 0 atom stereocenters. The molecule has 0 aliphatic carbocycles. The summed E-state index contributed by atoms with van der Waals surface area (Å²) in [6.07, 6.45) is 0.0737. The van der Waals surface area contributed by atoms with E-state index in [0.29, 0.717) is 24.2 Å². The highest BCUT2D eigenvalue weighted by atomic mass is 32.2. The van der Waals surface area contributed by atoms with Gasteiger partial charge in [0.25, 0.3) is 0 Å². The molecule has 9 heteroatoms. The number of hydrogen-bond acceptors (Lipinski definition) is 6. The Morgan fingerprint density at radius 1 is 1.03 bits per heavy atom. The van der Waals surface area contributed by atoms with Gasteiger partial charge in [-0.3, -0.25) is 4.79 Å². The van der Waals surface area contributed by atoms with Gasteiger partial charge in [-0.05, 0) is 44.0 Å². The van der Waals surface area contributed by atoms with Crippen molar-refractivity contribution in [3.63, 3.8) is 0 Å². The Hall–Kier alpha value is -2.49. The fourth-order valence-electron chi connectivity index (χ4n) is 3.37. The van der Waals surface area contributed by atoms with Crippen LogP contribution in [0.15, 0.2) is 41.3 Å². The van der Waals surface area contributed by atoms with Crippen molar-refractivity contribution < 1.29 is 13.2 Å². The van der Waals surface area contributed by atoms with Gasteiger partial charge in [0.05, 0.1) is 15.1 Å². The Kier molecular flexibility index (Phi) is 7.06. The number of aromatic nitrogens is 1. The van der Waals surface area contributed by atoms with Crippen LogP contribution in [-0.4, -0.2) is 38.9 Å². The quantitative estimate of drug-likeness (QED) is 0.439. The van der Waals surface area contributed by atoms with E-state index in [1.807, 2.05) is 43.3 Å². The average molecular weight is 447 g/mol. The van der Waals surface area contributed by atoms with Crippen LogP contribution in [0.1, 0.15) is 23.1 Å². The lowest BCUT2D eigenvalue weighted by Gasteiger charge is -2.13. The summed E-state index contributed by atoms with van der Waals surface area (Å²) in [7, 11) is -3.66. The summed E-state index contributed by atoms with van der Waals surface area (Å²) in [4.78, 5) is 16.8. The second-order valence-corrected chi connectivity index (χ2v) is 9.87. The first-order chi connectivity index (χ1) is 14.3. The van der Waals surface area contributed by atoms with Crippen molar-refractivity contribution in [2.24, 2.45) is 0 Å². The maximum Gasteiger partial charge on any atom is 0.241 e. The van der Waals surface area contributed by atoms with Gasteiger partial charge in [0, 0.05) is 26.1 Å². The van der Waals surface area contributed by atoms with E-state index in [9.17, 15) is 13.2 Å². The summed E-state index contributed by atoms with van der Waals surface area (Å²) >= 11 is 1.56. The first-order valence-corrected chi connectivity index (χ1v) is 12.0. The lowest BCUT2D eigenvalue weighted by molar-refractivity contribution is -0.120. The SMILES string of the molecule is Cc1cc(C)c(S(=O)(=O)NCCC(=O)NCCNc2nc3ccccc3s2)c(C)c1. The minimum atomic E-state index is -3.66. The van der Waals surface area contributed by atoms with Gasteiger partial charge in [-0.15, -0.1) is 0 Å². The number of fused-ring (bicyclic) bond motifs is 1. The normalized spacial score (nSPS) is 11.6. The van der Waals surface area contributed by atoms with Crippen molar-refractivity contribution in [2.45, 2.75) is 32.1 Å². The Bertz CT molecular complexity index is 1100. The standard InChI is InChI=1S/C21H26N4O3S2/c1-14-12-15(2)20(16(3)13-14)30(27,28)24-9-8-19(26)22-10-11-23-21-25-17-6-4-5-7-18(17)29-21/h4-7,12-13,24H,8-11H2,1-3H3,(H,22,26)(H,23,25). The summed E-state index contributed by atoms with van der Waals surface area (Å²) < 4.78 is 28.8. The first kappa shape index (κ1) is 22.2. The van der Waals surface area contributed by atoms with Gasteiger partial charge in [-0.2, -0.15) is 0 Å². The highest BCUT2D eigenvalue weighted by Gasteiger charge is 2.19. The second-order valence-electron chi connectivity index (χ2n) is 7.14. The Morgan fingerprint density at radius 2 is 1.73 bits per heavy atom. The van der Waals surface area contributed by atoms with Crippen LogP contribution in [0.3, 0.4) is 0 Å². The number of amides is 1. The average Bonchev–Trinajstić information content (AvgIpc) is 3.06. The van der Waals surface area contributed by atoms with Crippen LogP contribution >= 0.6 is 11.3 Å². The summed E-state index contributed by atoms with van der Waals surface area (Å²) in [5.41, 5.74) is 3.36. The third kappa shape index (κ3) is 5.56. The van der Waals surface area contributed by atoms with Crippen LogP contribution in [0.5, 0.6) is 0 Å². The molecule has 0 radical (unpaired) electrons. The monoisotopic (exact) mass is 446 g/mol. The largest absolute Gasteiger partial charge is 0.360 e. The molecular weight excluding hydrogens is 420 g/mol. The zero-order chi connectivity index (χ0) is 21.7. The number of anilines is 1. The number of hydrogen-bond donors (Lipinski definition) is 3. The third-order valence-electron chi connectivity index (χ3n) is 4.53. The molecule has 30 heavy (non-hydrogen) atoms. The van der Waals surface area contributed by atoms with Gasteiger partial charge in [-0.1, -0.05) is 41.2 Å². The Labute approximate surface area is 181 Å². The van der Waals surface area contributed by atoms with Gasteiger partial charge in [0.2, 0.25) is 15.9 Å². The zero-order valence-electron chi connectivity index (χ0n) is 17.3. The number of aryl methyl sites for hydroxylation is 3. The molecule has 0 saturated carbocycles. The van der Waals surface area contributed by atoms with Crippen LogP contribution < -0.4 is 15.4 Å². The molecule has 3 N–H and O–H groups in total. The van der Waals surface area contributed by atoms with Gasteiger partial charge < -0.3 is 10.6 Å². The fourth-order valence-corrected chi connectivity index (χ4v) is 5.74. The molecule has 0 fully saturated rings. The number of nitrogens with one attached hydrogen (secondary N) is 3. The number of carbonyl (C=O) groups is 1. The number of nitrogens with zero attached hydrogens (tertiary/aromatic N) is 1. The van der Waals surface area contributed by atoms with Gasteiger partial charge >= 0.3 is 0 Å². The van der Waals surface area contributed by atoms with Crippen LogP contribution in [0.25, 0.3) is 10.2 Å².